The van der Waals surface area contributed by atoms with Gasteiger partial charge in [-0.3, -0.25) is 4.79 Å². The summed E-state index contributed by atoms with van der Waals surface area (Å²) in [5.41, 5.74) is 2.40. The van der Waals surface area contributed by atoms with Gasteiger partial charge in [-0.15, -0.1) is 0 Å². The molecule has 0 aliphatic rings. The third-order valence-corrected chi connectivity index (χ3v) is 4.62. The molecule has 7 nitrogen and oxygen atoms in total. The Balaban J connectivity index is 1.59. The summed E-state index contributed by atoms with van der Waals surface area (Å²) in [6.45, 7) is 0.170. The second-order valence-electron chi connectivity index (χ2n) is 7.55. The van der Waals surface area contributed by atoms with E-state index >= 15 is 0 Å². The van der Waals surface area contributed by atoms with Crippen molar-refractivity contribution >= 4 is 12.0 Å². The van der Waals surface area contributed by atoms with Gasteiger partial charge in [-0.1, -0.05) is 18.2 Å². The van der Waals surface area contributed by atoms with E-state index in [1.54, 1.807) is 18.7 Å². The van der Waals surface area contributed by atoms with E-state index in [1.165, 1.54) is 28.9 Å². The van der Waals surface area contributed by atoms with Crippen molar-refractivity contribution in [2.75, 3.05) is 14.1 Å². The maximum Gasteiger partial charge on any atom is 0.267 e. The van der Waals surface area contributed by atoms with Crippen LogP contribution in [-0.2, 0) is 6.54 Å². The zero-order valence-corrected chi connectivity index (χ0v) is 18.0. The Hall–Kier alpha value is -4.27. The van der Waals surface area contributed by atoms with Crippen LogP contribution in [0.4, 0.5) is 14.5 Å². The first-order chi connectivity index (χ1) is 15.9. The fourth-order valence-electron chi connectivity index (χ4n) is 3.12. The largest absolute Gasteiger partial charge is 0.369 e. The standard InChI is InChI=1S/C24H20F2N6O/c1-31(2)15-29-21-12-27-24(28-13-21)17-5-3-4-16(8-17)14-32-23(33)7-6-22(30-32)18-9-19(25)11-20(26)10-18/h3-13,15H,14H2,1-2H3/b29-15+. The number of rotatable bonds is 6. The van der Waals surface area contributed by atoms with Crippen LogP contribution >= 0.6 is 0 Å². The van der Waals surface area contributed by atoms with E-state index < -0.39 is 11.6 Å². The monoisotopic (exact) mass is 446 g/mol. The van der Waals surface area contributed by atoms with Crippen LogP contribution in [0.3, 0.4) is 0 Å². The number of nitrogens with zero attached hydrogens (tertiary/aromatic N) is 6. The van der Waals surface area contributed by atoms with Crippen molar-refractivity contribution in [2.24, 2.45) is 4.99 Å². The quantitative estimate of drug-likeness (QED) is 0.332. The first kappa shape index (κ1) is 21.9. The second kappa shape index (κ2) is 9.47. The van der Waals surface area contributed by atoms with E-state index in [4.69, 9.17) is 0 Å². The van der Waals surface area contributed by atoms with Gasteiger partial charge in [0, 0.05) is 37.4 Å². The zero-order valence-electron chi connectivity index (χ0n) is 18.0. The van der Waals surface area contributed by atoms with Crippen LogP contribution in [0.5, 0.6) is 0 Å². The summed E-state index contributed by atoms with van der Waals surface area (Å²) >= 11 is 0. The molecule has 2 aromatic carbocycles. The summed E-state index contributed by atoms with van der Waals surface area (Å²) in [6.07, 6.45) is 4.92. The summed E-state index contributed by atoms with van der Waals surface area (Å²) in [4.78, 5) is 27.1. The Morgan fingerprint density at radius 2 is 1.70 bits per heavy atom. The number of aromatic nitrogens is 4. The molecule has 166 valence electrons. The molecule has 0 aliphatic carbocycles. The van der Waals surface area contributed by atoms with E-state index in [0.717, 1.165) is 17.2 Å². The molecule has 0 aliphatic heterocycles. The normalized spacial score (nSPS) is 11.2. The maximum absolute atomic E-state index is 13.6. The Bertz CT molecular complexity index is 1350. The molecule has 0 bridgehead atoms. The molecule has 9 heteroatoms. The van der Waals surface area contributed by atoms with Gasteiger partial charge in [0.15, 0.2) is 5.82 Å². The SMILES string of the molecule is CN(C)/C=N/c1cnc(-c2cccc(Cn3nc(-c4cc(F)cc(F)c4)ccc3=O)c2)nc1. The highest BCUT2D eigenvalue weighted by Gasteiger charge is 2.09. The van der Waals surface area contributed by atoms with Gasteiger partial charge in [0.2, 0.25) is 0 Å². The Morgan fingerprint density at radius 1 is 0.970 bits per heavy atom. The van der Waals surface area contributed by atoms with E-state index in [9.17, 15) is 13.6 Å². The van der Waals surface area contributed by atoms with Crippen molar-refractivity contribution in [1.29, 1.82) is 0 Å². The molecular weight excluding hydrogens is 426 g/mol. The molecule has 33 heavy (non-hydrogen) atoms. The fraction of sp³-hybridized carbons (Fsp3) is 0.125. The first-order valence-corrected chi connectivity index (χ1v) is 10.0. The van der Waals surface area contributed by atoms with Crippen LogP contribution in [0.15, 0.2) is 76.8 Å². The number of hydrogen-bond acceptors (Lipinski definition) is 5. The average molecular weight is 446 g/mol. The highest BCUT2D eigenvalue weighted by atomic mass is 19.1. The molecule has 0 atom stereocenters. The van der Waals surface area contributed by atoms with Crippen LogP contribution in [0.25, 0.3) is 22.6 Å². The van der Waals surface area contributed by atoms with Gasteiger partial charge in [0.25, 0.3) is 5.56 Å². The average Bonchev–Trinajstić information content (AvgIpc) is 2.79. The molecule has 0 N–H and O–H groups in total. The van der Waals surface area contributed by atoms with Gasteiger partial charge in [-0.2, -0.15) is 5.10 Å². The predicted octanol–water partition coefficient (Wildman–Crippen LogP) is 3.92. The lowest BCUT2D eigenvalue weighted by atomic mass is 10.1. The molecule has 0 unspecified atom stereocenters. The summed E-state index contributed by atoms with van der Waals surface area (Å²) in [7, 11) is 3.74. The topological polar surface area (TPSA) is 76.3 Å². The molecule has 2 aromatic heterocycles. The van der Waals surface area contributed by atoms with Gasteiger partial charge < -0.3 is 4.90 Å². The van der Waals surface area contributed by atoms with E-state index in [1.807, 2.05) is 43.3 Å². The first-order valence-electron chi connectivity index (χ1n) is 10.0. The Morgan fingerprint density at radius 3 is 2.39 bits per heavy atom. The van der Waals surface area contributed by atoms with E-state index in [2.05, 4.69) is 20.1 Å². The summed E-state index contributed by atoms with van der Waals surface area (Å²) in [5, 5.41) is 4.29. The number of benzene rings is 2. The van der Waals surface area contributed by atoms with Crippen molar-refractivity contribution < 1.29 is 8.78 Å². The molecular formula is C24H20F2N6O. The smallest absolute Gasteiger partial charge is 0.267 e. The van der Waals surface area contributed by atoms with Gasteiger partial charge in [0.1, 0.15) is 17.3 Å². The van der Waals surface area contributed by atoms with Crippen LogP contribution in [0, 0.1) is 11.6 Å². The molecule has 4 rings (SSSR count). The predicted molar refractivity (Wildman–Crippen MR) is 122 cm³/mol. The van der Waals surface area contributed by atoms with Gasteiger partial charge in [-0.05, 0) is 29.8 Å². The van der Waals surface area contributed by atoms with Gasteiger partial charge >= 0.3 is 0 Å². The van der Waals surface area contributed by atoms with Crippen molar-refractivity contribution in [3.8, 4) is 22.6 Å². The number of hydrogen-bond donors (Lipinski definition) is 0. The lowest BCUT2D eigenvalue weighted by Gasteiger charge is -2.09. The van der Waals surface area contributed by atoms with Crippen LogP contribution < -0.4 is 5.56 Å². The highest BCUT2D eigenvalue weighted by Crippen LogP contribution is 2.20. The van der Waals surface area contributed by atoms with Crippen LogP contribution in [-0.4, -0.2) is 45.1 Å². The molecule has 0 radical (unpaired) electrons. The summed E-state index contributed by atoms with van der Waals surface area (Å²) in [5.74, 6) is -0.906. The molecule has 0 fully saturated rings. The van der Waals surface area contributed by atoms with Gasteiger partial charge in [-0.25, -0.2) is 28.4 Å². The lowest BCUT2D eigenvalue weighted by molar-refractivity contribution is 0.583. The molecule has 2 heterocycles. The fourth-order valence-corrected chi connectivity index (χ4v) is 3.12. The van der Waals surface area contributed by atoms with Gasteiger partial charge in [0.05, 0.1) is 31.0 Å². The van der Waals surface area contributed by atoms with Crippen molar-refractivity contribution in [1.82, 2.24) is 24.6 Å². The molecule has 0 amide bonds. The Labute approximate surface area is 188 Å². The third kappa shape index (κ3) is 5.51. The van der Waals surface area contributed by atoms with Crippen LogP contribution in [0.1, 0.15) is 5.56 Å². The zero-order chi connectivity index (χ0) is 23.4. The minimum atomic E-state index is -0.712. The van der Waals surface area contributed by atoms with E-state index in [0.29, 0.717) is 17.2 Å². The summed E-state index contributed by atoms with van der Waals surface area (Å²) in [6, 6.07) is 13.3. The molecule has 0 saturated heterocycles. The third-order valence-electron chi connectivity index (χ3n) is 4.62. The summed E-state index contributed by atoms with van der Waals surface area (Å²) < 4.78 is 28.4. The number of aliphatic imine (C=N–C) groups is 1. The lowest BCUT2D eigenvalue weighted by Crippen LogP contribution is -2.22. The second-order valence-corrected chi connectivity index (χ2v) is 7.55. The Kier molecular flexibility index (Phi) is 6.30. The van der Waals surface area contributed by atoms with Crippen molar-refractivity contribution in [3.05, 3.63) is 94.5 Å². The molecule has 4 aromatic rings. The minimum Gasteiger partial charge on any atom is -0.369 e. The van der Waals surface area contributed by atoms with E-state index in [-0.39, 0.29) is 17.7 Å². The molecule has 0 spiro atoms. The van der Waals surface area contributed by atoms with Crippen molar-refractivity contribution in [3.63, 3.8) is 0 Å². The maximum atomic E-state index is 13.6. The minimum absolute atomic E-state index is 0.170. The highest BCUT2D eigenvalue weighted by molar-refractivity contribution is 5.61. The van der Waals surface area contributed by atoms with Crippen molar-refractivity contribution in [2.45, 2.75) is 6.54 Å². The number of halogens is 2. The van der Waals surface area contributed by atoms with Crippen LogP contribution in [0.2, 0.25) is 0 Å². The molecule has 0 saturated carbocycles.